The maximum Gasteiger partial charge on any atom is 0.410 e. The predicted molar refractivity (Wildman–Crippen MR) is 122 cm³/mol. The van der Waals surface area contributed by atoms with Crippen molar-refractivity contribution in [3.8, 4) is 0 Å². The Bertz CT molecular complexity index is 866. The van der Waals surface area contributed by atoms with Crippen LogP contribution in [0.15, 0.2) is 47.7 Å². The highest BCUT2D eigenvalue weighted by Crippen LogP contribution is 2.15. The number of aromatic nitrogens is 2. The van der Waals surface area contributed by atoms with Gasteiger partial charge in [-0.1, -0.05) is 30.3 Å². The number of hydrogen-bond acceptors (Lipinski definition) is 4. The summed E-state index contributed by atoms with van der Waals surface area (Å²) in [7, 11) is 0. The van der Waals surface area contributed by atoms with Crippen LogP contribution in [0.2, 0.25) is 0 Å². The number of rotatable bonds is 7. The highest BCUT2D eigenvalue weighted by molar-refractivity contribution is 5.80. The molecule has 168 valence electrons. The predicted octanol–water partition coefficient (Wildman–Crippen LogP) is 2.80. The second-order valence-corrected chi connectivity index (χ2v) is 8.69. The Kier molecular flexibility index (Phi) is 7.55. The van der Waals surface area contributed by atoms with E-state index in [1.54, 1.807) is 4.90 Å². The van der Waals surface area contributed by atoms with E-state index in [0.717, 1.165) is 31.3 Å². The number of imidazole rings is 1. The molecule has 2 N–H and O–H groups in total. The van der Waals surface area contributed by atoms with Crippen molar-refractivity contribution in [2.75, 3.05) is 19.6 Å². The Morgan fingerprint density at radius 3 is 2.68 bits per heavy atom. The number of carbonyl (C=O) groups is 1. The molecule has 0 spiro atoms. The van der Waals surface area contributed by atoms with E-state index < -0.39 is 5.60 Å². The van der Waals surface area contributed by atoms with Gasteiger partial charge in [0, 0.05) is 38.6 Å². The number of amides is 1. The molecule has 1 aromatic carbocycles. The summed E-state index contributed by atoms with van der Waals surface area (Å²) in [6.07, 6.45) is 4.50. The van der Waals surface area contributed by atoms with Gasteiger partial charge in [0.1, 0.15) is 18.0 Å². The fourth-order valence-electron chi connectivity index (χ4n) is 3.30. The number of benzene rings is 1. The van der Waals surface area contributed by atoms with Crippen LogP contribution in [0.25, 0.3) is 0 Å². The van der Waals surface area contributed by atoms with Crippen molar-refractivity contribution in [2.45, 2.75) is 58.8 Å². The zero-order chi connectivity index (χ0) is 22.3. The normalized spacial score (nSPS) is 14.8. The summed E-state index contributed by atoms with van der Waals surface area (Å²) >= 11 is 0. The van der Waals surface area contributed by atoms with Crippen LogP contribution in [0.5, 0.6) is 0 Å². The molecule has 31 heavy (non-hydrogen) atoms. The molecule has 0 radical (unpaired) electrons. The van der Waals surface area contributed by atoms with E-state index in [4.69, 9.17) is 9.73 Å². The molecule has 1 aromatic heterocycles. The van der Waals surface area contributed by atoms with Crippen molar-refractivity contribution in [3.05, 3.63) is 54.1 Å². The van der Waals surface area contributed by atoms with Crippen molar-refractivity contribution < 1.29 is 9.53 Å². The first-order valence-corrected chi connectivity index (χ1v) is 10.9. The largest absolute Gasteiger partial charge is 0.444 e. The van der Waals surface area contributed by atoms with Gasteiger partial charge < -0.3 is 24.8 Å². The number of aliphatic imine (C=N–C) groups is 1. The Morgan fingerprint density at radius 1 is 1.26 bits per heavy atom. The number of carbonyl (C=O) groups excluding carboxylic acids is 1. The van der Waals surface area contributed by atoms with Gasteiger partial charge in [0.05, 0.1) is 6.04 Å². The van der Waals surface area contributed by atoms with Gasteiger partial charge in [-0.2, -0.15) is 0 Å². The van der Waals surface area contributed by atoms with E-state index in [1.807, 2.05) is 46.2 Å². The van der Waals surface area contributed by atoms with Gasteiger partial charge in [0.15, 0.2) is 5.96 Å². The fourth-order valence-corrected chi connectivity index (χ4v) is 3.30. The SMILES string of the molecule is CCNC(=NCc1nccn1CCc1ccccc1)NC1CN(C(=O)OC(C)(C)C)C1. The van der Waals surface area contributed by atoms with Gasteiger partial charge in [0.25, 0.3) is 0 Å². The van der Waals surface area contributed by atoms with Crippen LogP contribution < -0.4 is 10.6 Å². The zero-order valence-electron chi connectivity index (χ0n) is 19.0. The van der Waals surface area contributed by atoms with E-state index in [0.29, 0.717) is 19.6 Å². The van der Waals surface area contributed by atoms with E-state index in [1.165, 1.54) is 5.56 Å². The summed E-state index contributed by atoms with van der Waals surface area (Å²) in [5.74, 6) is 1.66. The fraction of sp³-hybridized carbons (Fsp3) is 0.522. The topological polar surface area (TPSA) is 83.8 Å². The molecule has 0 bridgehead atoms. The maximum absolute atomic E-state index is 12.1. The number of guanidine groups is 1. The molecule has 0 atom stereocenters. The van der Waals surface area contributed by atoms with E-state index in [2.05, 4.69) is 44.5 Å². The Hall–Kier alpha value is -3.03. The van der Waals surface area contributed by atoms with Crippen molar-refractivity contribution in [2.24, 2.45) is 4.99 Å². The number of likely N-dealkylation sites (tertiary alicyclic amines) is 1. The van der Waals surface area contributed by atoms with Crippen molar-refractivity contribution in [3.63, 3.8) is 0 Å². The van der Waals surface area contributed by atoms with Gasteiger partial charge in [-0.15, -0.1) is 0 Å². The minimum absolute atomic E-state index is 0.156. The first kappa shape index (κ1) is 22.7. The average Bonchev–Trinajstić information content (AvgIpc) is 3.13. The summed E-state index contributed by atoms with van der Waals surface area (Å²) in [6, 6.07) is 10.6. The molecular formula is C23H34N6O2. The highest BCUT2D eigenvalue weighted by Gasteiger charge is 2.34. The number of hydrogen-bond donors (Lipinski definition) is 2. The molecule has 1 amide bonds. The molecule has 2 aromatic rings. The Labute approximate surface area is 184 Å². The number of aryl methyl sites for hydroxylation is 2. The lowest BCUT2D eigenvalue weighted by Crippen LogP contribution is -2.63. The van der Waals surface area contributed by atoms with Gasteiger partial charge in [0.2, 0.25) is 0 Å². The Balaban J connectivity index is 1.51. The van der Waals surface area contributed by atoms with Crippen molar-refractivity contribution >= 4 is 12.1 Å². The van der Waals surface area contributed by atoms with Gasteiger partial charge >= 0.3 is 6.09 Å². The quantitative estimate of drug-likeness (QED) is 0.525. The monoisotopic (exact) mass is 426 g/mol. The van der Waals surface area contributed by atoms with E-state index >= 15 is 0 Å². The highest BCUT2D eigenvalue weighted by atomic mass is 16.6. The standard InChI is InChI=1S/C23H34N6O2/c1-5-24-21(27-19-16-29(17-19)22(30)31-23(2,3)4)26-15-20-25-12-14-28(20)13-11-18-9-7-6-8-10-18/h6-10,12,14,19H,5,11,13,15-17H2,1-4H3,(H2,24,26,27). The molecule has 1 aliphatic heterocycles. The summed E-state index contributed by atoms with van der Waals surface area (Å²) in [4.78, 5) is 23.0. The van der Waals surface area contributed by atoms with Crippen LogP contribution in [0.3, 0.4) is 0 Å². The molecular weight excluding hydrogens is 392 g/mol. The van der Waals surface area contributed by atoms with Crippen molar-refractivity contribution in [1.82, 2.24) is 25.1 Å². The third-order valence-corrected chi connectivity index (χ3v) is 4.88. The van der Waals surface area contributed by atoms with Crippen LogP contribution in [0, 0.1) is 0 Å². The molecule has 0 aliphatic carbocycles. The second-order valence-electron chi connectivity index (χ2n) is 8.69. The lowest BCUT2D eigenvalue weighted by atomic mass is 10.1. The minimum atomic E-state index is -0.478. The third-order valence-electron chi connectivity index (χ3n) is 4.88. The minimum Gasteiger partial charge on any atom is -0.444 e. The number of nitrogens with zero attached hydrogens (tertiary/aromatic N) is 4. The molecule has 1 saturated heterocycles. The molecule has 2 heterocycles. The first-order valence-electron chi connectivity index (χ1n) is 10.9. The lowest BCUT2D eigenvalue weighted by molar-refractivity contribution is 0.00700. The molecule has 8 heteroatoms. The zero-order valence-corrected chi connectivity index (χ0v) is 19.0. The molecule has 1 fully saturated rings. The van der Waals surface area contributed by atoms with Gasteiger partial charge in [-0.05, 0) is 39.7 Å². The lowest BCUT2D eigenvalue weighted by Gasteiger charge is -2.40. The third kappa shape index (κ3) is 7.01. The second kappa shape index (κ2) is 10.3. The van der Waals surface area contributed by atoms with Crippen molar-refractivity contribution in [1.29, 1.82) is 0 Å². The number of nitrogens with one attached hydrogen (secondary N) is 2. The van der Waals surface area contributed by atoms with Crippen LogP contribution in [0.1, 0.15) is 39.1 Å². The van der Waals surface area contributed by atoms with Crippen LogP contribution >= 0.6 is 0 Å². The van der Waals surface area contributed by atoms with E-state index in [-0.39, 0.29) is 12.1 Å². The summed E-state index contributed by atoms with van der Waals surface area (Å²) in [5, 5.41) is 6.67. The van der Waals surface area contributed by atoms with E-state index in [9.17, 15) is 4.79 Å². The molecule has 0 saturated carbocycles. The Morgan fingerprint density at radius 2 is 2.00 bits per heavy atom. The maximum atomic E-state index is 12.1. The molecule has 1 aliphatic rings. The average molecular weight is 427 g/mol. The van der Waals surface area contributed by atoms with Gasteiger partial charge in [-0.3, -0.25) is 0 Å². The smallest absolute Gasteiger partial charge is 0.410 e. The van der Waals surface area contributed by atoms with Crippen LogP contribution in [-0.4, -0.2) is 57.8 Å². The molecule has 3 rings (SSSR count). The summed E-state index contributed by atoms with van der Waals surface area (Å²) in [6.45, 7) is 11.0. The van der Waals surface area contributed by atoms with Crippen LogP contribution in [0.4, 0.5) is 4.79 Å². The summed E-state index contributed by atoms with van der Waals surface area (Å²) < 4.78 is 7.56. The first-order chi connectivity index (χ1) is 14.8. The van der Waals surface area contributed by atoms with Crippen LogP contribution in [-0.2, 0) is 24.2 Å². The number of ether oxygens (including phenoxy) is 1. The summed E-state index contributed by atoms with van der Waals surface area (Å²) in [5.41, 5.74) is 0.828. The van der Waals surface area contributed by atoms with Gasteiger partial charge in [-0.25, -0.2) is 14.8 Å². The molecule has 0 unspecified atom stereocenters. The molecule has 8 nitrogen and oxygen atoms in total.